The minimum Gasteiger partial charge on any atom is -0.495 e. The van der Waals surface area contributed by atoms with Gasteiger partial charge in [-0.05, 0) is 44.2 Å². The molecule has 0 unspecified atom stereocenters. The molecule has 0 spiro atoms. The second-order valence-corrected chi connectivity index (χ2v) is 6.49. The fourth-order valence-corrected chi connectivity index (χ4v) is 2.56. The zero-order valence-corrected chi connectivity index (χ0v) is 13.4. The van der Waals surface area contributed by atoms with Gasteiger partial charge in [0.25, 0.3) is 0 Å². The van der Waals surface area contributed by atoms with E-state index in [4.69, 9.17) is 16.3 Å². The molecule has 2 aliphatic rings. The molecule has 22 heavy (non-hydrogen) atoms. The van der Waals surface area contributed by atoms with E-state index >= 15 is 0 Å². The highest BCUT2D eigenvalue weighted by Gasteiger charge is 2.57. The molecule has 2 N–H and O–H groups in total. The van der Waals surface area contributed by atoms with Gasteiger partial charge in [-0.25, -0.2) is 0 Å². The van der Waals surface area contributed by atoms with Gasteiger partial charge in [0.15, 0.2) is 0 Å². The van der Waals surface area contributed by atoms with E-state index in [1.165, 1.54) is 7.11 Å². The van der Waals surface area contributed by atoms with E-state index in [0.29, 0.717) is 29.3 Å². The zero-order valence-electron chi connectivity index (χ0n) is 12.7. The van der Waals surface area contributed by atoms with E-state index in [1.54, 1.807) is 12.1 Å². The van der Waals surface area contributed by atoms with E-state index in [2.05, 4.69) is 10.6 Å². The maximum absolute atomic E-state index is 12.5. The lowest BCUT2D eigenvalue weighted by atomic mass is 10.0. The first-order chi connectivity index (χ1) is 10.5. The molecule has 0 aromatic heterocycles. The van der Waals surface area contributed by atoms with Gasteiger partial charge in [0.2, 0.25) is 11.8 Å². The summed E-state index contributed by atoms with van der Waals surface area (Å²) in [4.78, 5) is 24.8. The third-order valence-electron chi connectivity index (χ3n) is 4.26. The van der Waals surface area contributed by atoms with Crippen molar-refractivity contribution in [1.29, 1.82) is 0 Å². The van der Waals surface area contributed by atoms with Crippen molar-refractivity contribution in [1.82, 2.24) is 5.32 Å². The van der Waals surface area contributed by atoms with E-state index < -0.39 is 5.41 Å². The Bertz CT molecular complexity index is 637. The lowest BCUT2D eigenvalue weighted by molar-refractivity contribution is -0.134. The maximum Gasteiger partial charge on any atom is 0.240 e. The third kappa shape index (κ3) is 2.77. The summed E-state index contributed by atoms with van der Waals surface area (Å²) in [7, 11) is 1.52. The Balaban J connectivity index is 1.76. The summed E-state index contributed by atoms with van der Waals surface area (Å²) in [6.07, 6.45) is 3.19. The van der Waals surface area contributed by atoms with Crippen LogP contribution in [0, 0.1) is 12.3 Å². The second kappa shape index (κ2) is 5.47. The highest BCUT2D eigenvalue weighted by molar-refractivity contribution is 6.31. The summed E-state index contributed by atoms with van der Waals surface area (Å²) < 4.78 is 5.25. The highest BCUT2D eigenvalue weighted by Crippen LogP contribution is 2.48. The topological polar surface area (TPSA) is 67.4 Å². The predicted octanol–water partition coefficient (Wildman–Crippen LogP) is 2.65. The normalized spacial score (nSPS) is 18.5. The number of ether oxygens (including phenoxy) is 1. The summed E-state index contributed by atoms with van der Waals surface area (Å²) in [6, 6.07) is 3.68. The molecule has 0 atom stereocenters. The SMILES string of the molecule is COc1cc(Cl)c(C)cc1NC(=O)C1(C(=O)NC2CC2)CC1. The fourth-order valence-electron chi connectivity index (χ4n) is 2.41. The predicted molar refractivity (Wildman–Crippen MR) is 84.2 cm³/mol. The van der Waals surface area contributed by atoms with E-state index in [9.17, 15) is 9.59 Å². The summed E-state index contributed by atoms with van der Waals surface area (Å²) >= 11 is 6.06. The van der Waals surface area contributed by atoms with Crippen LogP contribution in [0.4, 0.5) is 5.69 Å². The van der Waals surface area contributed by atoms with Crippen LogP contribution < -0.4 is 15.4 Å². The molecule has 0 saturated heterocycles. The van der Waals surface area contributed by atoms with Crippen molar-refractivity contribution < 1.29 is 14.3 Å². The molecule has 5 nitrogen and oxygen atoms in total. The van der Waals surface area contributed by atoms with Crippen molar-refractivity contribution in [3.05, 3.63) is 22.7 Å². The van der Waals surface area contributed by atoms with Gasteiger partial charge >= 0.3 is 0 Å². The van der Waals surface area contributed by atoms with Crippen LogP contribution in [-0.2, 0) is 9.59 Å². The Hall–Kier alpha value is -1.75. The molecule has 0 aliphatic heterocycles. The van der Waals surface area contributed by atoms with Gasteiger partial charge in [-0.2, -0.15) is 0 Å². The zero-order chi connectivity index (χ0) is 15.9. The van der Waals surface area contributed by atoms with Crippen molar-refractivity contribution in [3.63, 3.8) is 0 Å². The standard InChI is InChI=1S/C16H19ClN2O3/c1-9-7-12(13(22-2)8-11(9)17)19-15(21)16(5-6-16)14(20)18-10-3-4-10/h7-8,10H,3-6H2,1-2H3,(H,18,20)(H,19,21). The molecule has 0 radical (unpaired) electrons. The van der Waals surface area contributed by atoms with Crippen molar-refractivity contribution in [2.75, 3.05) is 12.4 Å². The molecular formula is C16H19ClN2O3. The molecule has 1 aromatic rings. The molecule has 3 rings (SSSR count). The molecule has 2 amide bonds. The molecule has 2 saturated carbocycles. The quantitative estimate of drug-likeness (QED) is 0.819. The van der Waals surface area contributed by atoms with Crippen LogP contribution in [0.3, 0.4) is 0 Å². The number of nitrogens with one attached hydrogen (secondary N) is 2. The van der Waals surface area contributed by atoms with Gasteiger partial charge in [-0.15, -0.1) is 0 Å². The van der Waals surface area contributed by atoms with Crippen molar-refractivity contribution >= 4 is 29.1 Å². The second-order valence-electron chi connectivity index (χ2n) is 6.09. The van der Waals surface area contributed by atoms with Crippen molar-refractivity contribution in [2.24, 2.45) is 5.41 Å². The summed E-state index contributed by atoms with van der Waals surface area (Å²) in [6.45, 7) is 1.85. The van der Waals surface area contributed by atoms with Crippen LogP contribution in [0.5, 0.6) is 5.75 Å². The van der Waals surface area contributed by atoms with E-state index in [-0.39, 0.29) is 17.9 Å². The molecule has 1 aromatic carbocycles. The number of rotatable bonds is 5. The molecule has 118 valence electrons. The average molecular weight is 323 g/mol. The van der Waals surface area contributed by atoms with Gasteiger partial charge in [-0.3, -0.25) is 9.59 Å². The maximum atomic E-state index is 12.5. The van der Waals surface area contributed by atoms with Crippen molar-refractivity contribution in [2.45, 2.75) is 38.6 Å². The number of carbonyl (C=O) groups is 2. The number of anilines is 1. The largest absolute Gasteiger partial charge is 0.495 e. The number of aryl methyl sites for hydroxylation is 1. The lowest BCUT2D eigenvalue weighted by Gasteiger charge is -2.17. The minimum absolute atomic E-state index is 0.155. The van der Waals surface area contributed by atoms with Gasteiger partial charge in [0, 0.05) is 17.1 Å². The van der Waals surface area contributed by atoms with Crippen LogP contribution >= 0.6 is 11.6 Å². The first-order valence-electron chi connectivity index (χ1n) is 7.43. The Morgan fingerprint density at radius 3 is 2.50 bits per heavy atom. The van der Waals surface area contributed by atoms with Gasteiger partial charge in [-0.1, -0.05) is 11.6 Å². The van der Waals surface area contributed by atoms with Gasteiger partial charge in [0.05, 0.1) is 12.8 Å². The number of benzene rings is 1. The minimum atomic E-state index is -0.916. The Morgan fingerprint density at radius 1 is 1.27 bits per heavy atom. The Labute approximate surface area is 134 Å². The number of hydrogen-bond donors (Lipinski definition) is 2. The highest BCUT2D eigenvalue weighted by atomic mass is 35.5. The number of carbonyl (C=O) groups excluding carboxylic acids is 2. The van der Waals surface area contributed by atoms with Crippen LogP contribution in [0.25, 0.3) is 0 Å². The van der Waals surface area contributed by atoms with Crippen LogP contribution in [-0.4, -0.2) is 25.0 Å². The molecule has 0 heterocycles. The van der Waals surface area contributed by atoms with Crippen molar-refractivity contribution in [3.8, 4) is 5.75 Å². The van der Waals surface area contributed by atoms with E-state index in [1.807, 2.05) is 6.92 Å². The van der Waals surface area contributed by atoms with E-state index in [0.717, 1.165) is 18.4 Å². The number of hydrogen-bond acceptors (Lipinski definition) is 3. The first-order valence-corrected chi connectivity index (χ1v) is 7.80. The molecular weight excluding hydrogens is 304 g/mol. The summed E-state index contributed by atoms with van der Waals surface area (Å²) in [5, 5.41) is 6.32. The monoisotopic (exact) mass is 322 g/mol. The smallest absolute Gasteiger partial charge is 0.240 e. The number of halogens is 1. The van der Waals surface area contributed by atoms with Gasteiger partial charge in [0.1, 0.15) is 11.2 Å². The summed E-state index contributed by atoms with van der Waals surface area (Å²) in [5.74, 6) is 0.0603. The van der Waals surface area contributed by atoms with Crippen LogP contribution in [0.1, 0.15) is 31.2 Å². The molecule has 2 aliphatic carbocycles. The average Bonchev–Trinajstić information content (AvgIpc) is 3.35. The first kappa shape index (κ1) is 15.2. The summed E-state index contributed by atoms with van der Waals surface area (Å²) in [5.41, 5.74) is 0.464. The van der Waals surface area contributed by atoms with Gasteiger partial charge < -0.3 is 15.4 Å². The molecule has 0 bridgehead atoms. The third-order valence-corrected chi connectivity index (χ3v) is 4.67. The molecule has 6 heteroatoms. The van der Waals surface area contributed by atoms with Crippen LogP contribution in [0.15, 0.2) is 12.1 Å². The van der Waals surface area contributed by atoms with Crippen LogP contribution in [0.2, 0.25) is 5.02 Å². The fraction of sp³-hybridized carbons (Fsp3) is 0.500. The Morgan fingerprint density at radius 2 is 1.95 bits per heavy atom. The Kier molecular flexibility index (Phi) is 3.77. The number of amides is 2. The number of methoxy groups -OCH3 is 1. The molecule has 2 fully saturated rings. The lowest BCUT2D eigenvalue weighted by Crippen LogP contribution is -2.40.